The lowest BCUT2D eigenvalue weighted by Gasteiger charge is -2.31. The lowest BCUT2D eigenvalue weighted by atomic mass is 9.95. The Hall–Kier alpha value is -2.18. The average molecular weight is 356 g/mol. The molecule has 1 aliphatic heterocycles. The Morgan fingerprint density at radius 2 is 2.00 bits per heavy atom. The first-order chi connectivity index (χ1) is 12.7. The summed E-state index contributed by atoms with van der Waals surface area (Å²) in [4.78, 5) is 14.4. The van der Waals surface area contributed by atoms with Gasteiger partial charge in [-0.05, 0) is 38.2 Å². The molecule has 7 heteroatoms. The Bertz CT molecular complexity index is 725. The third kappa shape index (κ3) is 3.81. The molecule has 0 unspecified atom stereocenters. The number of rotatable bonds is 7. The summed E-state index contributed by atoms with van der Waals surface area (Å²) in [6.07, 6.45) is 10.1. The lowest BCUT2D eigenvalue weighted by Crippen LogP contribution is -2.38. The number of hydrogen-bond acceptors (Lipinski definition) is 4. The van der Waals surface area contributed by atoms with E-state index in [1.165, 1.54) is 12.8 Å². The van der Waals surface area contributed by atoms with Gasteiger partial charge in [-0.2, -0.15) is 5.10 Å². The van der Waals surface area contributed by atoms with Gasteiger partial charge in [0.25, 0.3) is 0 Å². The minimum absolute atomic E-state index is 0.340. The summed E-state index contributed by atoms with van der Waals surface area (Å²) >= 11 is 0. The number of carbonyl (C=O) groups excluding carboxylic acids is 1. The Morgan fingerprint density at radius 1 is 1.19 bits per heavy atom. The number of likely N-dealkylation sites (tertiary alicyclic amines) is 1. The maximum atomic E-state index is 12.4. The topological polar surface area (TPSA) is 68.8 Å². The molecule has 26 heavy (non-hydrogen) atoms. The van der Waals surface area contributed by atoms with Gasteiger partial charge in [-0.1, -0.05) is 12.8 Å². The second-order valence-electron chi connectivity index (χ2n) is 7.56. The summed E-state index contributed by atoms with van der Waals surface area (Å²) in [6, 6.07) is 1.92. The second kappa shape index (κ2) is 7.60. The largest absolute Gasteiger partial charge is 0.343 e. The number of amides is 1. The first kappa shape index (κ1) is 17.2. The zero-order valence-corrected chi connectivity index (χ0v) is 15.5. The third-order valence-corrected chi connectivity index (χ3v) is 5.71. The lowest BCUT2D eigenvalue weighted by molar-refractivity contribution is -0.132. The maximum absolute atomic E-state index is 12.4. The van der Waals surface area contributed by atoms with E-state index in [0.717, 1.165) is 62.9 Å². The SMILES string of the molecule is CCn1c(Cn2cccn2)nnc1C1CCN(C(=O)CCC2CC2)CC1. The summed E-state index contributed by atoms with van der Waals surface area (Å²) < 4.78 is 4.10. The highest BCUT2D eigenvalue weighted by atomic mass is 16.2. The minimum Gasteiger partial charge on any atom is -0.343 e. The fourth-order valence-corrected chi connectivity index (χ4v) is 3.93. The molecule has 140 valence electrons. The van der Waals surface area contributed by atoms with Crippen molar-refractivity contribution in [2.45, 2.75) is 64.5 Å². The molecule has 7 nitrogen and oxygen atoms in total. The van der Waals surface area contributed by atoms with Crippen molar-refractivity contribution >= 4 is 5.91 Å². The quantitative estimate of drug-likeness (QED) is 0.764. The first-order valence-electron chi connectivity index (χ1n) is 9.91. The summed E-state index contributed by atoms with van der Waals surface area (Å²) in [7, 11) is 0. The molecule has 0 bridgehead atoms. The van der Waals surface area contributed by atoms with Gasteiger partial charge in [0.1, 0.15) is 12.4 Å². The van der Waals surface area contributed by atoms with E-state index in [1.54, 1.807) is 6.20 Å². The molecule has 0 N–H and O–H groups in total. The minimum atomic E-state index is 0.340. The molecule has 2 aromatic rings. The van der Waals surface area contributed by atoms with Crippen LogP contribution < -0.4 is 0 Å². The van der Waals surface area contributed by atoms with Crippen molar-refractivity contribution in [3.05, 3.63) is 30.1 Å². The predicted octanol–water partition coefficient (Wildman–Crippen LogP) is 2.44. The van der Waals surface area contributed by atoms with Gasteiger partial charge in [0.15, 0.2) is 5.82 Å². The summed E-state index contributed by atoms with van der Waals surface area (Å²) in [6.45, 7) is 5.33. The molecule has 1 aliphatic carbocycles. The Labute approximate surface area is 154 Å². The van der Waals surface area contributed by atoms with Crippen molar-refractivity contribution in [2.24, 2.45) is 5.92 Å². The number of carbonyl (C=O) groups is 1. The molecular formula is C19H28N6O. The van der Waals surface area contributed by atoms with E-state index in [9.17, 15) is 4.79 Å². The summed E-state index contributed by atoms with van der Waals surface area (Å²) in [5.41, 5.74) is 0. The summed E-state index contributed by atoms with van der Waals surface area (Å²) in [5, 5.41) is 13.2. The number of aromatic nitrogens is 5. The Morgan fingerprint density at radius 3 is 2.65 bits per heavy atom. The van der Waals surface area contributed by atoms with Crippen molar-refractivity contribution in [1.29, 1.82) is 0 Å². The standard InChI is InChI=1S/C19H28N6O/c1-2-25-17(14-24-11-3-10-20-24)21-22-19(25)16-8-12-23(13-9-16)18(26)7-6-15-4-5-15/h3,10-11,15-16H,2,4-9,12-14H2,1H3. The number of hydrogen-bond donors (Lipinski definition) is 0. The van der Waals surface area contributed by atoms with Gasteiger partial charge in [0.05, 0.1) is 0 Å². The van der Waals surface area contributed by atoms with Crippen LogP contribution >= 0.6 is 0 Å². The molecule has 1 saturated heterocycles. The maximum Gasteiger partial charge on any atom is 0.222 e. The van der Waals surface area contributed by atoms with Crippen LogP contribution in [-0.4, -0.2) is 48.4 Å². The van der Waals surface area contributed by atoms with Crippen LogP contribution in [0.25, 0.3) is 0 Å². The Kier molecular flexibility index (Phi) is 5.04. The average Bonchev–Trinajstić information content (AvgIpc) is 3.19. The van der Waals surface area contributed by atoms with E-state index >= 15 is 0 Å². The molecule has 0 atom stereocenters. The highest BCUT2D eigenvalue weighted by Crippen LogP contribution is 2.34. The molecule has 1 amide bonds. The zero-order chi connectivity index (χ0) is 17.9. The molecule has 2 fully saturated rings. The van der Waals surface area contributed by atoms with Crippen LogP contribution in [0, 0.1) is 5.92 Å². The third-order valence-electron chi connectivity index (χ3n) is 5.71. The van der Waals surface area contributed by atoms with Crippen LogP contribution in [0.15, 0.2) is 18.5 Å². The molecule has 0 spiro atoms. The molecule has 3 heterocycles. The van der Waals surface area contributed by atoms with Gasteiger partial charge in [-0.15, -0.1) is 10.2 Å². The molecule has 1 saturated carbocycles. The van der Waals surface area contributed by atoms with Crippen molar-refractivity contribution in [3.63, 3.8) is 0 Å². The Balaban J connectivity index is 1.36. The van der Waals surface area contributed by atoms with Crippen molar-refractivity contribution < 1.29 is 4.79 Å². The predicted molar refractivity (Wildman–Crippen MR) is 97.5 cm³/mol. The monoisotopic (exact) mass is 356 g/mol. The molecule has 2 aliphatic rings. The van der Waals surface area contributed by atoms with Crippen molar-refractivity contribution in [1.82, 2.24) is 29.4 Å². The molecule has 0 radical (unpaired) electrons. The van der Waals surface area contributed by atoms with Crippen LogP contribution in [0.4, 0.5) is 0 Å². The molecule has 4 rings (SSSR count). The van der Waals surface area contributed by atoms with Crippen LogP contribution in [0.3, 0.4) is 0 Å². The van der Waals surface area contributed by atoms with Gasteiger partial charge in [0.2, 0.25) is 5.91 Å². The van der Waals surface area contributed by atoms with Gasteiger partial charge < -0.3 is 9.47 Å². The number of piperidine rings is 1. The zero-order valence-electron chi connectivity index (χ0n) is 15.5. The van der Waals surface area contributed by atoms with Crippen LogP contribution in [0.5, 0.6) is 0 Å². The van der Waals surface area contributed by atoms with E-state index in [4.69, 9.17) is 0 Å². The first-order valence-corrected chi connectivity index (χ1v) is 9.91. The van der Waals surface area contributed by atoms with Gasteiger partial charge in [-0.25, -0.2) is 0 Å². The van der Waals surface area contributed by atoms with Gasteiger partial charge in [0, 0.05) is 44.4 Å². The molecule has 0 aromatic carbocycles. The van der Waals surface area contributed by atoms with E-state index in [-0.39, 0.29) is 0 Å². The van der Waals surface area contributed by atoms with E-state index < -0.39 is 0 Å². The van der Waals surface area contributed by atoms with Crippen LogP contribution in [0.2, 0.25) is 0 Å². The fraction of sp³-hybridized carbons (Fsp3) is 0.684. The fourth-order valence-electron chi connectivity index (χ4n) is 3.93. The van der Waals surface area contributed by atoms with E-state index in [2.05, 4.69) is 31.7 Å². The molecule has 2 aromatic heterocycles. The van der Waals surface area contributed by atoms with Crippen LogP contribution in [-0.2, 0) is 17.9 Å². The number of nitrogens with zero attached hydrogens (tertiary/aromatic N) is 6. The highest BCUT2D eigenvalue weighted by Gasteiger charge is 2.29. The van der Waals surface area contributed by atoms with Crippen molar-refractivity contribution in [3.8, 4) is 0 Å². The van der Waals surface area contributed by atoms with Gasteiger partial charge in [-0.3, -0.25) is 9.48 Å². The van der Waals surface area contributed by atoms with Crippen molar-refractivity contribution in [2.75, 3.05) is 13.1 Å². The second-order valence-corrected chi connectivity index (χ2v) is 7.56. The highest BCUT2D eigenvalue weighted by molar-refractivity contribution is 5.76. The smallest absolute Gasteiger partial charge is 0.222 e. The van der Waals surface area contributed by atoms with Crippen LogP contribution in [0.1, 0.15) is 63.0 Å². The van der Waals surface area contributed by atoms with Gasteiger partial charge >= 0.3 is 0 Å². The normalized spacial score (nSPS) is 18.4. The molecular weight excluding hydrogens is 328 g/mol. The summed E-state index contributed by atoms with van der Waals surface area (Å²) in [5.74, 6) is 3.58. The van der Waals surface area contributed by atoms with E-state index in [0.29, 0.717) is 18.4 Å². The van der Waals surface area contributed by atoms with E-state index in [1.807, 2.05) is 16.9 Å².